The Morgan fingerprint density at radius 3 is 1.97 bits per heavy atom. The Hall–Kier alpha value is -4.72. The highest BCUT2D eigenvalue weighted by Gasteiger charge is 2.34. The minimum Gasteiger partial charge on any atom is -0.442 e. The van der Waals surface area contributed by atoms with Crippen LogP contribution in [0, 0.1) is 11.6 Å². The topological polar surface area (TPSA) is 152 Å². The second-order valence-corrected chi connectivity index (χ2v) is 8.83. The van der Waals surface area contributed by atoms with Crippen LogP contribution in [0.3, 0.4) is 0 Å². The lowest BCUT2D eigenvalue weighted by atomic mass is 10.0. The van der Waals surface area contributed by atoms with Gasteiger partial charge in [0, 0.05) is 17.2 Å². The number of amides is 3. The van der Waals surface area contributed by atoms with Crippen LogP contribution in [0.15, 0.2) is 53.3 Å². The van der Waals surface area contributed by atoms with E-state index in [1.807, 2.05) is 0 Å². The standard InChI is InChI=1S/C25H24F2N6O6/c26-20-7-14(32-12-16(38-24(32)35)10-29-22-5-6-37-31-22)1-3-18(20)19-4-2-15(8-21(19)27)33-13-17(39-25(33)36)11-30-23(34)9-28/h1-8,16-17H,9-13,28H2,(H,29,31)(H,30,34)/t16-,17-/m0/s1. The van der Waals surface area contributed by atoms with Crippen molar-refractivity contribution in [3.8, 4) is 11.1 Å². The zero-order valence-electron chi connectivity index (χ0n) is 20.4. The van der Waals surface area contributed by atoms with E-state index in [0.717, 1.165) is 12.1 Å². The molecular formula is C25H24F2N6O6. The highest BCUT2D eigenvalue weighted by Crippen LogP contribution is 2.33. The number of nitrogens with one attached hydrogen (secondary N) is 2. The molecule has 39 heavy (non-hydrogen) atoms. The number of rotatable bonds is 9. The van der Waals surface area contributed by atoms with Crippen LogP contribution in [0.25, 0.3) is 11.1 Å². The van der Waals surface area contributed by atoms with Crippen LogP contribution in [0.5, 0.6) is 0 Å². The molecule has 2 aliphatic heterocycles. The summed E-state index contributed by atoms with van der Waals surface area (Å²) in [5.41, 5.74) is 5.67. The molecule has 0 spiro atoms. The smallest absolute Gasteiger partial charge is 0.414 e. The number of ether oxygens (including phenoxy) is 2. The monoisotopic (exact) mass is 542 g/mol. The number of halogens is 2. The minimum atomic E-state index is -0.758. The van der Waals surface area contributed by atoms with Crippen molar-refractivity contribution >= 4 is 35.3 Å². The Labute approximate surface area is 220 Å². The molecule has 204 valence electrons. The molecule has 2 fully saturated rings. The number of aromatic nitrogens is 1. The van der Waals surface area contributed by atoms with E-state index in [4.69, 9.17) is 19.7 Å². The molecule has 0 bridgehead atoms. The van der Waals surface area contributed by atoms with Crippen LogP contribution in [0.4, 0.5) is 35.6 Å². The first-order valence-corrected chi connectivity index (χ1v) is 12.0. The summed E-state index contributed by atoms with van der Waals surface area (Å²) in [6.07, 6.45) is -1.06. The number of hydrogen-bond donors (Lipinski definition) is 3. The van der Waals surface area contributed by atoms with Gasteiger partial charge in [-0.25, -0.2) is 18.4 Å². The summed E-state index contributed by atoms with van der Waals surface area (Å²) in [5, 5.41) is 9.22. The van der Waals surface area contributed by atoms with E-state index in [0.29, 0.717) is 5.82 Å². The summed E-state index contributed by atoms with van der Waals surface area (Å²) in [6.45, 7) is 0.417. The van der Waals surface area contributed by atoms with Gasteiger partial charge in [0.15, 0.2) is 5.82 Å². The summed E-state index contributed by atoms with van der Waals surface area (Å²) in [4.78, 5) is 38.5. The Morgan fingerprint density at radius 2 is 1.49 bits per heavy atom. The van der Waals surface area contributed by atoms with Crippen molar-refractivity contribution in [1.29, 1.82) is 0 Å². The molecule has 2 aromatic carbocycles. The Balaban J connectivity index is 1.25. The Morgan fingerprint density at radius 1 is 0.923 bits per heavy atom. The summed E-state index contributed by atoms with van der Waals surface area (Å²) in [6, 6.07) is 9.56. The number of benzene rings is 2. The molecule has 3 amide bonds. The zero-order chi connectivity index (χ0) is 27.5. The third-order valence-electron chi connectivity index (χ3n) is 6.23. The number of anilines is 3. The fourth-order valence-corrected chi connectivity index (χ4v) is 4.28. The lowest BCUT2D eigenvalue weighted by molar-refractivity contribution is -0.120. The number of carbonyl (C=O) groups is 3. The van der Waals surface area contributed by atoms with Gasteiger partial charge in [-0.15, -0.1) is 0 Å². The van der Waals surface area contributed by atoms with Crippen LogP contribution < -0.4 is 26.2 Å². The molecule has 0 unspecified atom stereocenters. The van der Waals surface area contributed by atoms with Gasteiger partial charge in [-0.2, -0.15) is 0 Å². The zero-order valence-corrected chi connectivity index (χ0v) is 20.4. The third-order valence-corrected chi connectivity index (χ3v) is 6.23. The van der Waals surface area contributed by atoms with E-state index in [1.54, 1.807) is 6.07 Å². The van der Waals surface area contributed by atoms with E-state index in [-0.39, 0.29) is 55.2 Å². The summed E-state index contributed by atoms with van der Waals surface area (Å²) < 4.78 is 45.5. The summed E-state index contributed by atoms with van der Waals surface area (Å²) >= 11 is 0. The van der Waals surface area contributed by atoms with Crippen molar-refractivity contribution in [2.24, 2.45) is 5.73 Å². The average molecular weight is 542 g/mol. The Kier molecular flexibility index (Phi) is 7.27. The predicted molar refractivity (Wildman–Crippen MR) is 134 cm³/mol. The van der Waals surface area contributed by atoms with Crippen molar-refractivity contribution < 1.29 is 37.2 Å². The van der Waals surface area contributed by atoms with Crippen LogP contribution in [-0.4, -0.2) is 68.2 Å². The van der Waals surface area contributed by atoms with Crippen molar-refractivity contribution in [3.63, 3.8) is 0 Å². The number of hydrogen-bond acceptors (Lipinski definition) is 9. The van der Waals surface area contributed by atoms with E-state index >= 15 is 8.78 Å². The first-order chi connectivity index (χ1) is 18.8. The fraction of sp³-hybridized carbons (Fsp3) is 0.280. The van der Waals surface area contributed by atoms with Gasteiger partial charge in [0.05, 0.1) is 44.1 Å². The van der Waals surface area contributed by atoms with Gasteiger partial charge in [0.25, 0.3) is 0 Å². The third kappa shape index (κ3) is 5.60. The van der Waals surface area contributed by atoms with Crippen LogP contribution >= 0.6 is 0 Å². The molecule has 12 nitrogen and oxygen atoms in total. The van der Waals surface area contributed by atoms with Gasteiger partial charge in [-0.05, 0) is 36.4 Å². The van der Waals surface area contributed by atoms with Crippen molar-refractivity contribution in [3.05, 3.63) is 60.4 Å². The molecular weight excluding hydrogens is 518 g/mol. The maximum atomic E-state index is 15.1. The molecule has 3 heterocycles. The number of carbonyl (C=O) groups excluding carboxylic acids is 3. The van der Waals surface area contributed by atoms with Gasteiger partial charge in [-0.1, -0.05) is 5.16 Å². The van der Waals surface area contributed by atoms with Crippen LogP contribution in [0.1, 0.15) is 0 Å². The molecule has 1 aromatic heterocycles. The highest BCUT2D eigenvalue weighted by molar-refractivity contribution is 5.91. The van der Waals surface area contributed by atoms with Crippen molar-refractivity contribution in [1.82, 2.24) is 10.5 Å². The summed E-state index contributed by atoms with van der Waals surface area (Å²) in [7, 11) is 0. The number of nitrogens with zero attached hydrogens (tertiary/aromatic N) is 3. The maximum Gasteiger partial charge on any atom is 0.414 e. The Bertz CT molecular complexity index is 1390. The van der Waals surface area contributed by atoms with Gasteiger partial charge in [-0.3, -0.25) is 14.6 Å². The fourth-order valence-electron chi connectivity index (χ4n) is 4.28. The molecule has 0 saturated carbocycles. The van der Waals surface area contributed by atoms with Crippen LogP contribution in [0.2, 0.25) is 0 Å². The van der Waals surface area contributed by atoms with Crippen molar-refractivity contribution in [2.75, 3.05) is 47.8 Å². The predicted octanol–water partition coefficient (Wildman–Crippen LogP) is 2.46. The molecule has 4 N–H and O–H groups in total. The lowest BCUT2D eigenvalue weighted by Crippen LogP contribution is -2.37. The van der Waals surface area contributed by atoms with E-state index in [1.165, 1.54) is 40.3 Å². The molecule has 14 heteroatoms. The van der Waals surface area contributed by atoms with Crippen LogP contribution in [-0.2, 0) is 14.3 Å². The van der Waals surface area contributed by atoms with Crippen molar-refractivity contribution in [2.45, 2.75) is 12.2 Å². The molecule has 0 aliphatic carbocycles. The first kappa shape index (κ1) is 25.9. The maximum absolute atomic E-state index is 15.1. The largest absolute Gasteiger partial charge is 0.442 e. The molecule has 2 atom stereocenters. The van der Waals surface area contributed by atoms with Gasteiger partial charge in [0.1, 0.15) is 30.1 Å². The first-order valence-electron chi connectivity index (χ1n) is 12.0. The average Bonchev–Trinajstić information content (AvgIpc) is 3.66. The normalized spacial score (nSPS) is 18.7. The molecule has 2 aliphatic rings. The molecule has 2 saturated heterocycles. The second kappa shape index (κ2) is 10.9. The SMILES string of the molecule is NCC(=O)NC[C@H]1CN(c2ccc(-c3ccc(N4C[C@H](CNc5ccon5)OC4=O)cc3F)c(F)c2)C(=O)O1. The molecule has 3 aromatic rings. The highest BCUT2D eigenvalue weighted by atomic mass is 19.1. The number of nitrogens with two attached hydrogens (primary N) is 1. The van der Waals surface area contributed by atoms with Gasteiger partial charge >= 0.3 is 12.2 Å². The second-order valence-electron chi connectivity index (χ2n) is 8.83. The summed E-state index contributed by atoms with van der Waals surface area (Å²) in [5.74, 6) is -1.40. The molecule has 0 radical (unpaired) electrons. The van der Waals surface area contributed by atoms with E-state index < -0.39 is 41.9 Å². The van der Waals surface area contributed by atoms with Gasteiger partial charge in [0.2, 0.25) is 5.91 Å². The molecule has 5 rings (SSSR count). The number of cyclic esters (lactones) is 2. The minimum absolute atomic E-state index is 0.0222. The quantitative estimate of drug-likeness (QED) is 0.370. The van der Waals surface area contributed by atoms with Gasteiger partial charge < -0.3 is 30.4 Å². The lowest BCUT2D eigenvalue weighted by Gasteiger charge is -2.16. The van der Waals surface area contributed by atoms with E-state index in [9.17, 15) is 14.4 Å². The van der Waals surface area contributed by atoms with E-state index in [2.05, 4.69) is 15.8 Å².